The summed E-state index contributed by atoms with van der Waals surface area (Å²) in [7, 11) is 0. The molecule has 0 spiro atoms. The molecule has 0 saturated carbocycles. The number of nitrogens with one attached hydrogen (secondary N) is 1. The molecular weight excluding hydrogens is 384 g/mol. The monoisotopic (exact) mass is 404 g/mol. The van der Waals surface area contributed by atoms with E-state index in [0.29, 0.717) is 36.2 Å². The molecule has 0 saturated heterocycles. The lowest BCUT2D eigenvalue weighted by Gasteiger charge is -2.07. The lowest BCUT2D eigenvalue weighted by Crippen LogP contribution is -2.12. The highest BCUT2D eigenvalue weighted by atomic mass is 35.5. The Labute approximate surface area is 167 Å². The van der Waals surface area contributed by atoms with E-state index in [9.17, 15) is 4.79 Å². The molecular formula is C20H21ClN2O3S. The maximum atomic E-state index is 12.1. The quantitative estimate of drug-likeness (QED) is 0.507. The summed E-state index contributed by atoms with van der Waals surface area (Å²) in [5, 5.41) is 4.16. The van der Waals surface area contributed by atoms with Gasteiger partial charge in [0.1, 0.15) is 11.5 Å². The number of hydrogen-bond acceptors (Lipinski definition) is 5. The van der Waals surface area contributed by atoms with Gasteiger partial charge in [0.25, 0.3) is 0 Å². The van der Waals surface area contributed by atoms with E-state index < -0.39 is 0 Å². The van der Waals surface area contributed by atoms with E-state index >= 15 is 0 Å². The van der Waals surface area contributed by atoms with Gasteiger partial charge in [-0.05, 0) is 62.2 Å². The van der Waals surface area contributed by atoms with E-state index in [2.05, 4.69) is 10.3 Å². The van der Waals surface area contributed by atoms with Crippen LogP contribution in [0.1, 0.15) is 25.3 Å². The predicted molar refractivity (Wildman–Crippen MR) is 110 cm³/mol. The van der Waals surface area contributed by atoms with E-state index in [1.54, 1.807) is 0 Å². The minimum absolute atomic E-state index is 0.0741. The first-order valence-electron chi connectivity index (χ1n) is 8.77. The van der Waals surface area contributed by atoms with Crippen molar-refractivity contribution in [2.75, 3.05) is 18.5 Å². The largest absolute Gasteiger partial charge is 0.494 e. The fraction of sp³-hybridized carbons (Fsp3) is 0.300. The molecule has 1 N–H and O–H groups in total. The number of anilines is 1. The zero-order valence-electron chi connectivity index (χ0n) is 15.3. The molecule has 3 rings (SSSR count). The average molecular weight is 405 g/mol. The molecule has 7 heteroatoms. The van der Waals surface area contributed by atoms with Crippen LogP contribution in [0, 0.1) is 6.92 Å². The second-order valence-corrected chi connectivity index (χ2v) is 7.43. The zero-order chi connectivity index (χ0) is 19.2. The Morgan fingerprint density at radius 1 is 1.19 bits per heavy atom. The second-order valence-electron chi connectivity index (χ2n) is 5.99. The zero-order valence-corrected chi connectivity index (χ0v) is 16.8. The SMILES string of the molecule is CCOc1ccc2nc(NC(=O)CCCOc3ccc(Cl)c(C)c3)sc2c1. The molecule has 0 unspecified atom stereocenters. The summed E-state index contributed by atoms with van der Waals surface area (Å²) in [6.07, 6.45) is 0.986. The normalized spacial score (nSPS) is 10.8. The number of halogens is 1. The van der Waals surface area contributed by atoms with Crippen LogP contribution in [0.25, 0.3) is 10.2 Å². The van der Waals surface area contributed by atoms with Crippen LogP contribution in [-0.2, 0) is 4.79 Å². The average Bonchev–Trinajstić information content (AvgIpc) is 3.03. The molecule has 0 radical (unpaired) electrons. The highest BCUT2D eigenvalue weighted by molar-refractivity contribution is 7.22. The minimum atomic E-state index is -0.0741. The van der Waals surface area contributed by atoms with Gasteiger partial charge in [-0.2, -0.15) is 0 Å². The summed E-state index contributed by atoms with van der Waals surface area (Å²) in [6.45, 7) is 4.95. The van der Waals surface area contributed by atoms with Crippen LogP contribution in [0.4, 0.5) is 5.13 Å². The Balaban J connectivity index is 1.47. The number of ether oxygens (including phenoxy) is 2. The first kappa shape index (κ1) is 19.5. The Kier molecular flexibility index (Phi) is 6.53. The summed E-state index contributed by atoms with van der Waals surface area (Å²) in [5.74, 6) is 1.49. The standard InChI is InChI=1S/C20H21ClN2O3S/c1-3-25-15-7-9-17-18(12-15)27-20(22-17)23-19(24)5-4-10-26-14-6-8-16(21)13(2)11-14/h6-9,11-12H,3-5,10H2,1-2H3,(H,22,23,24). The number of thiazole rings is 1. The van der Waals surface area contributed by atoms with Crippen molar-refractivity contribution in [3.63, 3.8) is 0 Å². The second kappa shape index (κ2) is 9.06. The molecule has 0 aliphatic carbocycles. The Bertz CT molecular complexity index is 942. The molecule has 0 atom stereocenters. The van der Waals surface area contributed by atoms with Gasteiger partial charge in [-0.25, -0.2) is 4.98 Å². The molecule has 0 fully saturated rings. The number of aryl methyl sites for hydroxylation is 1. The maximum absolute atomic E-state index is 12.1. The third kappa shape index (κ3) is 5.34. The number of carbonyl (C=O) groups is 1. The van der Waals surface area contributed by atoms with Gasteiger partial charge < -0.3 is 14.8 Å². The number of benzene rings is 2. The first-order chi connectivity index (χ1) is 13.0. The van der Waals surface area contributed by atoms with E-state index in [0.717, 1.165) is 27.3 Å². The minimum Gasteiger partial charge on any atom is -0.494 e. The van der Waals surface area contributed by atoms with Crippen molar-refractivity contribution in [2.45, 2.75) is 26.7 Å². The Morgan fingerprint density at radius 2 is 1.96 bits per heavy atom. The summed E-state index contributed by atoms with van der Waals surface area (Å²) in [5.41, 5.74) is 1.82. The van der Waals surface area contributed by atoms with Gasteiger partial charge in [0.15, 0.2) is 5.13 Å². The van der Waals surface area contributed by atoms with Crippen LogP contribution < -0.4 is 14.8 Å². The van der Waals surface area contributed by atoms with Crippen LogP contribution in [-0.4, -0.2) is 24.1 Å². The molecule has 0 bridgehead atoms. The molecule has 1 aromatic heterocycles. The summed E-state index contributed by atoms with van der Waals surface area (Å²) in [4.78, 5) is 16.6. The van der Waals surface area contributed by atoms with Crippen molar-refractivity contribution in [1.29, 1.82) is 0 Å². The Hall–Kier alpha value is -2.31. The van der Waals surface area contributed by atoms with Crippen molar-refractivity contribution < 1.29 is 14.3 Å². The van der Waals surface area contributed by atoms with Crippen molar-refractivity contribution >= 4 is 44.2 Å². The van der Waals surface area contributed by atoms with Crippen LogP contribution in [0.3, 0.4) is 0 Å². The van der Waals surface area contributed by atoms with Gasteiger partial charge in [-0.15, -0.1) is 0 Å². The summed E-state index contributed by atoms with van der Waals surface area (Å²) >= 11 is 7.43. The van der Waals surface area contributed by atoms with E-state index in [4.69, 9.17) is 21.1 Å². The number of aromatic nitrogens is 1. The summed E-state index contributed by atoms with van der Waals surface area (Å²) in [6, 6.07) is 11.2. The number of hydrogen-bond donors (Lipinski definition) is 1. The maximum Gasteiger partial charge on any atom is 0.226 e. The number of fused-ring (bicyclic) bond motifs is 1. The van der Waals surface area contributed by atoms with Crippen molar-refractivity contribution in [3.05, 3.63) is 47.0 Å². The molecule has 0 aliphatic heterocycles. The van der Waals surface area contributed by atoms with Crippen molar-refractivity contribution in [3.8, 4) is 11.5 Å². The molecule has 1 amide bonds. The van der Waals surface area contributed by atoms with Gasteiger partial charge in [0.05, 0.1) is 23.4 Å². The van der Waals surface area contributed by atoms with Gasteiger partial charge >= 0.3 is 0 Å². The van der Waals surface area contributed by atoms with Gasteiger partial charge in [0.2, 0.25) is 5.91 Å². The highest BCUT2D eigenvalue weighted by Gasteiger charge is 2.09. The number of amides is 1. The number of nitrogens with zero attached hydrogens (tertiary/aromatic N) is 1. The van der Waals surface area contributed by atoms with E-state index in [1.165, 1.54) is 11.3 Å². The lowest BCUT2D eigenvalue weighted by atomic mass is 10.2. The summed E-state index contributed by atoms with van der Waals surface area (Å²) < 4.78 is 12.1. The topological polar surface area (TPSA) is 60.5 Å². The van der Waals surface area contributed by atoms with Gasteiger partial charge in [-0.3, -0.25) is 4.79 Å². The van der Waals surface area contributed by atoms with Gasteiger partial charge in [-0.1, -0.05) is 22.9 Å². The first-order valence-corrected chi connectivity index (χ1v) is 9.97. The fourth-order valence-electron chi connectivity index (χ4n) is 2.53. The van der Waals surface area contributed by atoms with Crippen molar-refractivity contribution in [1.82, 2.24) is 4.98 Å². The molecule has 3 aromatic rings. The molecule has 1 heterocycles. The van der Waals surface area contributed by atoms with Crippen LogP contribution in [0.15, 0.2) is 36.4 Å². The van der Waals surface area contributed by atoms with Crippen LogP contribution >= 0.6 is 22.9 Å². The smallest absolute Gasteiger partial charge is 0.226 e. The van der Waals surface area contributed by atoms with E-state index in [1.807, 2.05) is 50.2 Å². The molecule has 5 nitrogen and oxygen atoms in total. The lowest BCUT2D eigenvalue weighted by molar-refractivity contribution is -0.116. The molecule has 27 heavy (non-hydrogen) atoms. The fourth-order valence-corrected chi connectivity index (χ4v) is 3.55. The molecule has 142 valence electrons. The number of rotatable bonds is 8. The van der Waals surface area contributed by atoms with Gasteiger partial charge in [0, 0.05) is 11.4 Å². The van der Waals surface area contributed by atoms with Crippen molar-refractivity contribution in [2.24, 2.45) is 0 Å². The molecule has 0 aliphatic rings. The van der Waals surface area contributed by atoms with Crippen LogP contribution in [0.2, 0.25) is 5.02 Å². The van der Waals surface area contributed by atoms with Crippen LogP contribution in [0.5, 0.6) is 11.5 Å². The predicted octanol–water partition coefficient (Wildman–Crippen LogP) is 5.45. The molecule has 2 aromatic carbocycles. The third-order valence-electron chi connectivity index (χ3n) is 3.86. The van der Waals surface area contributed by atoms with E-state index in [-0.39, 0.29) is 5.91 Å². The third-order valence-corrected chi connectivity index (χ3v) is 5.22. The number of carbonyl (C=O) groups excluding carboxylic acids is 1. The Morgan fingerprint density at radius 3 is 2.74 bits per heavy atom. The highest BCUT2D eigenvalue weighted by Crippen LogP contribution is 2.29.